The number of hydrogen-bond acceptors (Lipinski definition) is 14. The molecule has 6 aliphatic rings. The van der Waals surface area contributed by atoms with E-state index in [-0.39, 0.29) is 24.9 Å². The van der Waals surface area contributed by atoms with E-state index in [1.807, 2.05) is 89.1 Å². The third kappa shape index (κ3) is 7.44. The van der Waals surface area contributed by atoms with Gasteiger partial charge in [-0.1, -0.05) is 44.2 Å². The van der Waals surface area contributed by atoms with Crippen LogP contribution in [0.1, 0.15) is 102 Å². The third-order valence-electron chi connectivity index (χ3n) is 16.8. The van der Waals surface area contributed by atoms with Crippen LogP contribution in [0.15, 0.2) is 48.6 Å². The van der Waals surface area contributed by atoms with Gasteiger partial charge in [0.15, 0.2) is 6.10 Å². The van der Waals surface area contributed by atoms with E-state index in [0.29, 0.717) is 87.5 Å². The summed E-state index contributed by atoms with van der Waals surface area (Å²) in [5.74, 6) is -1.77. The number of alkyl carbamates (subject to hydrolysis) is 1. The second-order valence-electron chi connectivity index (χ2n) is 21.7. The maximum Gasteiger partial charge on any atom is 0.407 e. The van der Waals surface area contributed by atoms with Crippen molar-refractivity contribution in [2.75, 3.05) is 72.5 Å². The summed E-state index contributed by atoms with van der Waals surface area (Å²) in [6.07, 6.45) is 8.87. The SMILES string of the molecule is CC[C@]1(O)C[C@H]2CN(CCc3c([nH]c4ccc(/C=C/CNC(=O)OC(C)(C)C)cc34)[C@@](C(=O)OC)(c3cc4c(cc3OC)N(C)[C@H]3[C@@](O)(C(=O)OC)[C@H](OC(C)=O)[C@]5(CC)C=CCN6CC[C@]43[C@@H]65)C2)C1. The Bertz CT molecular complexity index is 2660. The summed E-state index contributed by atoms with van der Waals surface area (Å²) in [6, 6.07) is 8.79. The number of ether oxygens (including phenoxy) is 5. The molecule has 1 aromatic heterocycles. The van der Waals surface area contributed by atoms with E-state index in [1.165, 1.54) is 21.1 Å². The topological polar surface area (TPSA) is 192 Å². The van der Waals surface area contributed by atoms with Gasteiger partial charge in [-0.3, -0.25) is 19.4 Å². The van der Waals surface area contributed by atoms with Crippen molar-refractivity contribution in [1.82, 2.24) is 20.1 Å². The Morgan fingerprint density at radius 2 is 1.71 bits per heavy atom. The fraction of sp³-hybridized carbons (Fsp3) is 0.593. The number of aromatic nitrogens is 1. The van der Waals surface area contributed by atoms with Crippen LogP contribution in [0.4, 0.5) is 10.5 Å². The maximum absolute atomic E-state index is 15.6. The van der Waals surface area contributed by atoms with E-state index < -0.39 is 69.2 Å². The molecular weight excluding hydrogens is 895 g/mol. The normalized spacial score (nSPS) is 33.3. The summed E-state index contributed by atoms with van der Waals surface area (Å²) < 4.78 is 29.6. The molecule has 10 atom stereocenters. The Morgan fingerprint density at radius 3 is 2.39 bits per heavy atom. The Hall–Kier alpha value is -5.42. The highest BCUT2D eigenvalue weighted by Crippen LogP contribution is 2.68. The van der Waals surface area contributed by atoms with E-state index in [2.05, 4.69) is 32.2 Å². The van der Waals surface area contributed by atoms with Crippen molar-refractivity contribution in [2.24, 2.45) is 11.3 Å². The fourth-order valence-electron chi connectivity index (χ4n) is 14.3. The van der Waals surface area contributed by atoms with Crippen molar-refractivity contribution >= 4 is 46.7 Å². The molecule has 1 unspecified atom stereocenters. The number of aliphatic hydroxyl groups is 2. The van der Waals surface area contributed by atoms with Crippen molar-refractivity contribution in [3.63, 3.8) is 0 Å². The lowest BCUT2D eigenvalue weighted by atomic mass is 9.47. The number of esters is 3. The molecule has 0 radical (unpaired) electrons. The first-order chi connectivity index (χ1) is 33.2. The number of benzene rings is 2. The number of aromatic amines is 1. The molecule has 1 saturated carbocycles. The van der Waals surface area contributed by atoms with Crippen LogP contribution in [0.2, 0.25) is 0 Å². The summed E-state index contributed by atoms with van der Waals surface area (Å²) in [5.41, 5.74) is -2.04. The highest BCUT2D eigenvalue weighted by molar-refractivity contribution is 5.95. The van der Waals surface area contributed by atoms with Gasteiger partial charge in [0.1, 0.15) is 16.8 Å². The number of carbonyl (C=O) groups excluding carboxylic acids is 4. The molecule has 4 N–H and O–H groups in total. The Balaban J connectivity index is 1.28. The minimum absolute atomic E-state index is 0.167. The second kappa shape index (κ2) is 17.7. The van der Waals surface area contributed by atoms with Crippen molar-refractivity contribution < 1.29 is 53.1 Å². The summed E-state index contributed by atoms with van der Waals surface area (Å²) in [4.78, 5) is 66.1. The van der Waals surface area contributed by atoms with Gasteiger partial charge in [0.2, 0.25) is 5.60 Å². The molecule has 1 amide bonds. The minimum Gasteiger partial charge on any atom is -0.496 e. The summed E-state index contributed by atoms with van der Waals surface area (Å²) >= 11 is 0. The van der Waals surface area contributed by atoms with Crippen LogP contribution in [0.5, 0.6) is 5.75 Å². The van der Waals surface area contributed by atoms with Crippen LogP contribution < -0.4 is 15.0 Å². The zero-order valence-electron chi connectivity index (χ0n) is 42.4. The number of carbonyl (C=O) groups is 4. The number of amides is 1. The van der Waals surface area contributed by atoms with Gasteiger partial charge in [-0.25, -0.2) is 9.59 Å². The number of H-pyrrole nitrogens is 1. The molecule has 16 nitrogen and oxygen atoms in total. The molecular formula is C54H71N5O11. The fourth-order valence-corrected chi connectivity index (χ4v) is 14.3. The maximum atomic E-state index is 15.6. The molecule has 1 aliphatic carbocycles. The van der Waals surface area contributed by atoms with Crippen LogP contribution >= 0.6 is 0 Å². The van der Waals surface area contributed by atoms with Gasteiger partial charge in [0.25, 0.3) is 0 Å². The predicted molar refractivity (Wildman–Crippen MR) is 264 cm³/mol. The van der Waals surface area contributed by atoms with Gasteiger partial charge in [-0.05, 0) is 107 Å². The molecule has 6 heterocycles. The number of methoxy groups -OCH3 is 3. The number of hydrogen-bond donors (Lipinski definition) is 4. The lowest BCUT2D eigenvalue weighted by Crippen LogP contribution is -2.81. The van der Waals surface area contributed by atoms with Gasteiger partial charge in [-0.2, -0.15) is 0 Å². The number of fused-ring (bicyclic) bond motifs is 6. The molecule has 1 spiro atoms. The van der Waals surface area contributed by atoms with E-state index >= 15 is 4.79 Å². The van der Waals surface area contributed by atoms with Crippen molar-refractivity contribution in [3.8, 4) is 5.75 Å². The van der Waals surface area contributed by atoms with Crippen molar-refractivity contribution in [3.05, 3.63) is 76.5 Å². The molecule has 2 bridgehead atoms. The van der Waals surface area contributed by atoms with Gasteiger partial charge in [0.05, 0.1) is 33.0 Å². The first kappa shape index (κ1) is 49.6. The Labute approximate surface area is 410 Å². The average Bonchev–Trinajstić information content (AvgIpc) is 3.98. The molecule has 2 aromatic carbocycles. The summed E-state index contributed by atoms with van der Waals surface area (Å²) in [6.45, 7) is 14.0. The van der Waals surface area contributed by atoms with Gasteiger partial charge >= 0.3 is 24.0 Å². The van der Waals surface area contributed by atoms with Crippen LogP contribution in [-0.2, 0) is 50.6 Å². The number of nitrogens with zero attached hydrogens (tertiary/aromatic N) is 3. The van der Waals surface area contributed by atoms with Gasteiger partial charge in [-0.15, -0.1) is 0 Å². The molecule has 2 saturated heterocycles. The quantitative estimate of drug-likeness (QED) is 0.113. The number of nitrogens with one attached hydrogen (secondary N) is 2. The van der Waals surface area contributed by atoms with E-state index in [0.717, 1.165) is 27.6 Å². The zero-order chi connectivity index (χ0) is 50.3. The highest BCUT2D eigenvalue weighted by atomic mass is 16.6. The summed E-state index contributed by atoms with van der Waals surface area (Å²) in [5, 5.41) is 29.3. The monoisotopic (exact) mass is 966 g/mol. The first-order valence-corrected chi connectivity index (χ1v) is 24.9. The third-order valence-corrected chi connectivity index (χ3v) is 16.8. The predicted octanol–water partition coefficient (Wildman–Crippen LogP) is 5.53. The molecule has 16 heteroatoms. The van der Waals surface area contributed by atoms with Gasteiger partial charge < -0.3 is 49.1 Å². The average molecular weight is 966 g/mol. The molecule has 3 fully saturated rings. The minimum atomic E-state index is -2.34. The van der Waals surface area contributed by atoms with Crippen molar-refractivity contribution in [1.29, 1.82) is 0 Å². The molecule has 378 valence electrons. The highest BCUT2D eigenvalue weighted by Gasteiger charge is 2.80. The van der Waals surface area contributed by atoms with Gasteiger partial charge in [0, 0.05) is 97.5 Å². The van der Waals surface area contributed by atoms with Crippen LogP contribution in [0.25, 0.3) is 17.0 Å². The molecule has 5 aliphatic heterocycles. The number of piperidine rings is 1. The van der Waals surface area contributed by atoms with E-state index in [4.69, 9.17) is 23.7 Å². The molecule has 9 rings (SSSR count). The van der Waals surface area contributed by atoms with Crippen LogP contribution in [0.3, 0.4) is 0 Å². The Kier molecular flexibility index (Phi) is 12.5. The largest absolute Gasteiger partial charge is 0.496 e. The smallest absolute Gasteiger partial charge is 0.407 e. The zero-order valence-corrected chi connectivity index (χ0v) is 42.4. The lowest BCUT2D eigenvalue weighted by molar-refractivity contribution is -0.228. The number of anilines is 1. The second-order valence-corrected chi connectivity index (χ2v) is 21.7. The molecule has 3 aromatic rings. The van der Waals surface area contributed by atoms with E-state index in [9.17, 15) is 24.6 Å². The van der Waals surface area contributed by atoms with E-state index in [1.54, 1.807) is 7.11 Å². The standard InChI is InChI=1S/C54H71N5O11/c1-11-50(64)28-34-29-53(46(61)67-9,42-35(18-23-58(30-34)31-50)36-25-33(16-17-39(36)56-42)15-13-21-55-48(63)70-49(4,5)6)38-26-37-40(27-41(38)66-8)57(7)44-52(37)20-24-59-22-14-19-51(12-2,43(52)59)45(69-32(3)60)54(44,65)47(62)68-10/h13-17,19,25-27,34,43-45,56,64-65H,11-12,18,20-24,28-31H2,1-10H3,(H,55,63)/b15-13+/t34-,43+,44-,45-,50+,51-,52-,53+,54+/m1/s1. The number of rotatable bonds is 10. The van der Waals surface area contributed by atoms with Crippen LogP contribution in [0, 0.1) is 11.3 Å². The van der Waals surface area contributed by atoms with Crippen molar-refractivity contribution in [2.45, 2.75) is 126 Å². The van der Waals surface area contributed by atoms with Crippen LogP contribution in [-0.4, -0.2) is 152 Å². The molecule has 70 heavy (non-hydrogen) atoms. The summed E-state index contributed by atoms with van der Waals surface area (Å²) in [7, 11) is 6.09. The lowest BCUT2D eigenvalue weighted by Gasteiger charge is -2.63. The Morgan fingerprint density at radius 1 is 0.957 bits per heavy atom. The number of likely N-dealkylation sites (N-methyl/N-ethyl adjacent to an activating group) is 1. The first-order valence-electron chi connectivity index (χ1n) is 24.9.